The van der Waals surface area contributed by atoms with Gasteiger partial charge in [-0.25, -0.2) is 8.42 Å². The van der Waals surface area contributed by atoms with E-state index in [2.05, 4.69) is 31.1 Å². The lowest BCUT2D eigenvalue weighted by atomic mass is 9.81. The molecule has 1 N–H and O–H groups in total. The highest BCUT2D eigenvalue weighted by Gasteiger charge is 2.44. The summed E-state index contributed by atoms with van der Waals surface area (Å²) in [6, 6.07) is 25.7. The molecule has 1 aliphatic heterocycles. The molecular formula is C34H41N3O4S. The van der Waals surface area contributed by atoms with Gasteiger partial charge in [-0.2, -0.15) is 0 Å². The predicted octanol–water partition coefficient (Wildman–Crippen LogP) is 5.04. The van der Waals surface area contributed by atoms with E-state index in [1.54, 1.807) is 30.3 Å². The fourth-order valence-electron chi connectivity index (χ4n) is 6.49. The normalized spacial score (nSPS) is 23.0. The van der Waals surface area contributed by atoms with E-state index in [1.165, 1.54) is 0 Å². The Morgan fingerprint density at radius 2 is 1.60 bits per heavy atom. The van der Waals surface area contributed by atoms with Crippen molar-refractivity contribution in [1.29, 1.82) is 0 Å². The molecule has 0 aromatic heterocycles. The molecule has 2 fully saturated rings. The van der Waals surface area contributed by atoms with E-state index >= 15 is 0 Å². The third-order valence-corrected chi connectivity index (χ3v) is 10.9. The molecule has 8 heteroatoms. The Balaban J connectivity index is 1.31. The Hall–Kier alpha value is -3.49. The quantitative estimate of drug-likeness (QED) is 0.379. The van der Waals surface area contributed by atoms with Gasteiger partial charge in [-0.05, 0) is 87.9 Å². The minimum Gasteiger partial charge on any atom is -0.340 e. The SMILES string of the molecule is CC(C)N(C)[C@@H]1CC[C@H](N2CCC(NC(=O)c3cccc(-c4ccccc4)c3)C2=O)[C@H](CS(=O)(=O)c2ccccc2)C1. The van der Waals surface area contributed by atoms with Gasteiger partial charge in [0.2, 0.25) is 5.91 Å². The van der Waals surface area contributed by atoms with E-state index in [0.717, 1.165) is 24.0 Å². The molecule has 3 aromatic rings. The topological polar surface area (TPSA) is 86.8 Å². The first-order valence-corrected chi connectivity index (χ1v) is 16.6. The molecule has 1 saturated carbocycles. The highest BCUT2D eigenvalue weighted by atomic mass is 32.2. The van der Waals surface area contributed by atoms with E-state index in [0.29, 0.717) is 35.9 Å². The molecule has 1 heterocycles. The maximum Gasteiger partial charge on any atom is 0.251 e. The first kappa shape index (κ1) is 30.0. The van der Waals surface area contributed by atoms with Crippen molar-refractivity contribution >= 4 is 21.7 Å². The van der Waals surface area contributed by atoms with E-state index in [9.17, 15) is 18.0 Å². The fourth-order valence-corrected chi connectivity index (χ4v) is 8.17. The zero-order valence-electron chi connectivity index (χ0n) is 24.6. The number of rotatable bonds is 9. The van der Waals surface area contributed by atoms with Crippen molar-refractivity contribution in [2.45, 2.75) is 68.6 Å². The number of hydrogen-bond acceptors (Lipinski definition) is 5. The summed E-state index contributed by atoms with van der Waals surface area (Å²) in [5.41, 5.74) is 2.46. The Morgan fingerprint density at radius 1 is 0.929 bits per heavy atom. The maximum atomic E-state index is 13.7. The van der Waals surface area contributed by atoms with E-state index in [-0.39, 0.29) is 35.6 Å². The molecule has 0 spiro atoms. The summed E-state index contributed by atoms with van der Waals surface area (Å²) in [6.45, 7) is 4.80. The van der Waals surface area contributed by atoms with Crippen LogP contribution in [0.25, 0.3) is 11.1 Å². The van der Waals surface area contributed by atoms with Crippen LogP contribution in [-0.2, 0) is 14.6 Å². The number of likely N-dealkylation sites (tertiary alicyclic amines) is 1. The Kier molecular flexibility index (Phi) is 9.13. The molecule has 4 atom stereocenters. The lowest BCUT2D eigenvalue weighted by Gasteiger charge is -2.44. The number of carbonyl (C=O) groups excluding carboxylic acids is 2. The van der Waals surface area contributed by atoms with Crippen molar-refractivity contribution in [3.8, 4) is 11.1 Å². The highest BCUT2D eigenvalue weighted by molar-refractivity contribution is 7.91. The fraction of sp³-hybridized carbons (Fsp3) is 0.412. The van der Waals surface area contributed by atoms with Gasteiger partial charge in [0.25, 0.3) is 5.91 Å². The average Bonchev–Trinajstić information content (AvgIpc) is 3.36. The van der Waals surface area contributed by atoms with Crippen LogP contribution in [0.5, 0.6) is 0 Å². The summed E-state index contributed by atoms with van der Waals surface area (Å²) in [5, 5.41) is 2.97. The molecule has 1 unspecified atom stereocenters. The summed E-state index contributed by atoms with van der Waals surface area (Å²) >= 11 is 0. The molecule has 1 saturated heterocycles. The Bertz CT molecular complexity index is 1490. The van der Waals surface area contributed by atoms with Gasteiger partial charge in [-0.3, -0.25) is 9.59 Å². The zero-order chi connectivity index (χ0) is 29.9. The van der Waals surface area contributed by atoms with E-state index < -0.39 is 15.9 Å². The number of nitrogens with zero attached hydrogens (tertiary/aromatic N) is 2. The largest absolute Gasteiger partial charge is 0.340 e. The molecule has 7 nitrogen and oxygen atoms in total. The molecule has 222 valence electrons. The van der Waals surface area contributed by atoms with E-state index in [4.69, 9.17) is 0 Å². The molecule has 42 heavy (non-hydrogen) atoms. The second kappa shape index (κ2) is 12.8. The Morgan fingerprint density at radius 3 is 2.29 bits per heavy atom. The smallest absolute Gasteiger partial charge is 0.251 e. The van der Waals surface area contributed by atoms with Crippen molar-refractivity contribution in [1.82, 2.24) is 15.1 Å². The van der Waals surface area contributed by atoms with Crippen LogP contribution in [-0.4, -0.2) is 73.5 Å². The third kappa shape index (κ3) is 6.60. The molecule has 1 aliphatic carbocycles. The van der Waals surface area contributed by atoms with Gasteiger partial charge in [-0.15, -0.1) is 0 Å². The average molecular weight is 588 g/mol. The number of amides is 2. The standard InChI is InChI=1S/C34H41N3O4S/c1-24(2)36(3)29-17-18-32(28(22-29)23-42(40,41)30-15-8-5-9-16-30)37-20-19-31(34(37)39)35-33(38)27-14-10-13-26(21-27)25-11-6-4-7-12-25/h4-16,21,24,28-29,31-32H,17-20,22-23H2,1-3H3,(H,35,38)/t28-,29+,31?,32-/m0/s1. The monoisotopic (exact) mass is 587 g/mol. The summed E-state index contributed by atoms with van der Waals surface area (Å²) in [6.07, 6.45) is 2.85. The van der Waals surface area contributed by atoms with Crippen LogP contribution in [0.4, 0.5) is 0 Å². The molecule has 3 aromatic carbocycles. The van der Waals surface area contributed by atoms with Crippen LogP contribution in [0.3, 0.4) is 0 Å². The number of hydrogen-bond donors (Lipinski definition) is 1. The van der Waals surface area contributed by atoms with Crippen LogP contribution < -0.4 is 5.32 Å². The van der Waals surface area contributed by atoms with E-state index in [1.807, 2.05) is 59.5 Å². The third-order valence-electron chi connectivity index (χ3n) is 9.02. The van der Waals surface area contributed by atoms with Crippen molar-refractivity contribution < 1.29 is 18.0 Å². The van der Waals surface area contributed by atoms with Gasteiger partial charge in [0.1, 0.15) is 6.04 Å². The number of carbonyl (C=O) groups is 2. The zero-order valence-corrected chi connectivity index (χ0v) is 25.5. The van der Waals surface area contributed by atoms with Crippen LogP contribution >= 0.6 is 0 Å². The highest BCUT2D eigenvalue weighted by Crippen LogP contribution is 2.36. The lowest BCUT2D eigenvalue weighted by molar-refractivity contribution is -0.133. The molecule has 0 bridgehead atoms. The van der Waals surface area contributed by atoms with Crippen LogP contribution in [0, 0.1) is 5.92 Å². The predicted molar refractivity (Wildman–Crippen MR) is 166 cm³/mol. The number of benzene rings is 3. The first-order chi connectivity index (χ1) is 20.1. The first-order valence-electron chi connectivity index (χ1n) is 14.9. The maximum absolute atomic E-state index is 13.7. The molecular weight excluding hydrogens is 546 g/mol. The van der Waals surface area contributed by atoms with Crippen LogP contribution in [0.2, 0.25) is 0 Å². The summed E-state index contributed by atoms with van der Waals surface area (Å²) < 4.78 is 27.0. The second-order valence-electron chi connectivity index (χ2n) is 11.9. The second-order valence-corrected chi connectivity index (χ2v) is 14.0. The summed E-state index contributed by atoms with van der Waals surface area (Å²) in [5.74, 6) is -0.600. The van der Waals surface area contributed by atoms with Crippen molar-refractivity contribution in [3.63, 3.8) is 0 Å². The minimum absolute atomic E-state index is 0.00278. The van der Waals surface area contributed by atoms with Gasteiger partial charge < -0.3 is 15.1 Å². The van der Waals surface area contributed by atoms with Gasteiger partial charge in [0.05, 0.1) is 10.6 Å². The van der Waals surface area contributed by atoms with Crippen molar-refractivity contribution in [2.75, 3.05) is 19.3 Å². The number of nitrogens with one attached hydrogen (secondary N) is 1. The van der Waals surface area contributed by atoms with Gasteiger partial charge in [-0.1, -0.05) is 60.7 Å². The summed E-state index contributed by atoms with van der Waals surface area (Å²) in [4.78, 5) is 31.4. The molecule has 5 rings (SSSR count). The van der Waals surface area contributed by atoms with Gasteiger partial charge >= 0.3 is 0 Å². The van der Waals surface area contributed by atoms with Crippen LogP contribution in [0.15, 0.2) is 89.8 Å². The lowest BCUT2D eigenvalue weighted by Crippen LogP contribution is -2.53. The van der Waals surface area contributed by atoms with Crippen molar-refractivity contribution in [3.05, 3.63) is 90.5 Å². The molecule has 2 amide bonds. The Labute approximate surface area is 249 Å². The number of sulfone groups is 1. The van der Waals surface area contributed by atoms with Gasteiger partial charge in [0, 0.05) is 30.2 Å². The summed E-state index contributed by atoms with van der Waals surface area (Å²) in [7, 11) is -1.44. The van der Waals surface area contributed by atoms with Crippen LogP contribution in [0.1, 0.15) is 49.9 Å². The minimum atomic E-state index is -3.53. The molecule has 2 aliphatic rings. The molecule has 0 radical (unpaired) electrons. The van der Waals surface area contributed by atoms with Crippen molar-refractivity contribution in [2.24, 2.45) is 5.92 Å². The van der Waals surface area contributed by atoms with Gasteiger partial charge in [0.15, 0.2) is 9.84 Å².